The summed E-state index contributed by atoms with van der Waals surface area (Å²) in [6.45, 7) is 0.960. The summed E-state index contributed by atoms with van der Waals surface area (Å²) in [5.74, 6) is 1.95. The second kappa shape index (κ2) is 4.64. The molecule has 76 valence electrons. The molecule has 1 atom stereocenters. The first kappa shape index (κ1) is 10.5. The first-order valence-electron chi connectivity index (χ1n) is 4.53. The molecule has 4 heteroatoms. The Labute approximate surface area is 95.6 Å². The zero-order valence-electron chi connectivity index (χ0n) is 7.59. The van der Waals surface area contributed by atoms with E-state index in [9.17, 15) is 4.39 Å². The molecule has 1 aliphatic heterocycles. The van der Waals surface area contributed by atoms with Crippen LogP contribution in [0.15, 0.2) is 22.7 Å². The molecule has 1 fully saturated rings. The minimum Gasteiger partial charge on any atom is -0.308 e. The SMILES string of the molecule is Fc1ccc(Br)cc1C1CSCCN1. The predicted octanol–water partition coefficient (Wildman–Crippen LogP) is 2.97. The molecule has 0 radical (unpaired) electrons. The van der Waals surface area contributed by atoms with E-state index < -0.39 is 0 Å². The minimum absolute atomic E-state index is 0.117. The number of rotatable bonds is 1. The fourth-order valence-corrected chi connectivity index (χ4v) is 2.89. The standard InChI is InChI=1S/C10H11BrFNS/c11-7-1-2-9(12)8(5-7)10-6-14-4-3-13-10/h1-2,5,10,13H,3-4,6H2. The van der Waals surface area contributed by atoms with Crippen molar-refractivity contribution in [1.82, 2.24) is 5.32 Å². The third-order valence-electron chi connectivity index (χ3n) is 2.26. The summed E-state index contributed by atoms with van der Waals surface area (Å²) in [4.78, 5) is 0. The van der Waals surface area contributed by atoms with Gasteiger partial charge in [0, 0.05) is 34.1 Å². The highest BCUT2D eigenvalue weighted by Gasteiger charge is 2.18. The van der Waals surface area contributed by atoms with Gasteiger partial charge < -0.3 is 5.32 Å². The van der Waals surface area contributed by atoms with Gasteiger partial charge in [-0.2, -0.15) is 11.8 Å². The zero-order chi connectivity index (χ0) is 9.97. The smallest absolute Gasteiger partial charge is 0.128 e. The monoisotopic (exact) mass is 275 g/mol. The molecule has 0 saturated carbocycles. The minimum atomic E-state index is -0.117. The Morgan fingerprint density at radius 2 is 2.36 bits per heavy atom. The van der Waals surface area contributed by atoms with Crippen LogP contribution in [0.4, 0.5) is 4.39 Å². The number of halogens is 2. The van der Waals surface area contributed by atoms with Gasteiger partial charge in [-0.1, -0.05) is 15.9 Å². The third-order valence-corrected chi connectivity index (χ3v) is 3.81. The number of nitrogens with one attached hydrogen (secondary N) is 1. The molecule has 1 saturated heterocycles. The predicted molar refractivity (Wildman–Crippen MR) is 62.2 cm³/mol. The van der Waals surface area contributed by atoms with Crippen molar-refractivity contribution >= 4 is 27.7 Å². The van der Waals surface area contributed by atoms with Crippen LogP contribution in [0.2, 0.25) is 0 Å². The molecule has 1 nitrogen and oxygen atoms in total. The highest BCUT2D eigenvalue weighted by molar-refractivity contribution is 9.10. The molecular weight excluding hydrogens is 265 g/mol. The van der Waals surface area contributed by atoms with Crippen LogP contribution in [0.1, 0.15) is 11.6 Å². The first-order chi connectivity index (χ1) is 6.77. The molecule has 0 amide bonds. The fourth-order valence-electron chi connectivity index (χ4n) is 1.55. The van der Waals surface area contributed by atoms with Gasteiger partial charge in [-0.25, -0.2) is 4.39 Å². The Morgan fingerprint density at radius 3 is 3.07 bits per heavy atom. The van der Waals surface area contributed by atoms with Gasteiger partial charge in [-0.3, -0.25) is 0 Å². The van der Waals surface area contributed by atoms with E-state index in [0.717, 1.165) is 28.1 Å². The van der Waals surface area contributed by atoms with E-state index in [1.807, 2.05) is 17.8 Å². The van der Waals surface area contributed by atoms with Crippen molar-refractivity contribution in [3.63, 3.8) is 0 Å². The average Bonchev–Trinajstić information content (AvgIpc) is 2.23. The van der Waals surface area contributed by atoms with Gasteiger partial charge in [0.25, 0.3) is 0 Å². The van der Waals surface area contributed by atoms with Gasteiger partial charge in [0.1, 0.15) is 5.82 Å². The van der Waals surface area contributed by atoms with Gasteiger partial charge >= 0.3 is 0 Å². The Balaban J connectivity index is 2.24. The van der Waals surface area contributed by atoms with Crippen molar-refractivity contribution in [3.05, 3.63) is 34.1 Å². The van der Waals surface area contributed by atoms with Crippen molar-refractivity contribution in [2.75, 3.05) is 18.1 Å². The van der Waals surface area contributed by atoms with Crippen molar-refractivity contribution < 1.29 is 4.39 Å². The summed E-state index contributed by atoms with van der Waals surface area (Å²) >= 11 is 5.23. The summed E-state index contributed by atoms with van der Waals surface area (Å²) in [6, 6.07) is 5.26. The van der Waals surface area contributed by atoms with E-state index in [-0.39, 0.29) is 11.9 Å². The van der Waals surface area contributed by atoms with E-state index in [2.05, 4.69) is 21.2 Å². The highest BCUT2D eigenvalue weighted by Crippen LogP contribution is 2.26. The van der Waals surface area contributed by atoms with Crippen molar-refractivity contribution in [1.29, 1.82) is 0 Å². The molecule has 1 heterocycles. The Hall–Kier alpha value is -0.0600. The van der Waals surface area contributed by atoms with Crippen LogP contribution in [0.25, 0.3) is 0 Å². The third kappa shape index (κ3) is 2.30. The summed E-state index contributed by atoms with van der Waals surface area (Å²) in [6.07, 6.45) is 0. The van der Waals surface area contributed by atoms with Crippen LogP contribution in [-0.2, 0) is 0 Å². The number of hydrogen-bond acceptors (Lipinski definition) is 2. The normalized spacial score (nSPS) is 22.3. The Kier molecular flexibility index (Phi) is 3.47. The van der Waals surface area contributed by atoms with E-state index in [1.54, 1.807) is 6.07 Å². The summed E-state index contributed by atoms with van der Waals surface area (Å²) in [5.41, 5.74) is 0.770. The molecule has 1 N–H and O–H groups in total. The maximum atomic E-state index is 13.5. The fraction of sp³-hybridized carbons (Fsp3) is 0.400. The second-order valence-electron chi connectivity index (χ2n) is 3.25. The lowest BCUT2D eigenvalue weighted by Gasteiger charge is -2.23. The molecule has 0 aliphatic carbocycles. The molecule has 0 aromatic heterocycles. The van der Waals surface area contributed by atoms with Gasteiger partial charge in [0.2, 0.25) is 0 Å². The van der Waals surface area contributed by atoms with Crippen molar-refractivity contribution in [3.8, 4) is 0 Å². The van der Waals surface area contributed by atoms with E-state index in [0.29, 0.717) is 0 Å². The maximum absolute atomic E-state index is 13.5. The van der Waals surface area contributed by atoms with Crippen LogP contribution < -0.4 is 5.32 Å². The lowest BCUT2D eigenvalue weighted by molar-refractivity contribution is 0.539. The molecule has 1 unspecified atom stereocenters. The van der Waals surface area contributed by atoms with Crippen LogP contribution >= 0.6 is 27.7 Å². The molecule has 1 aliphatic rings. The zero-order valence-corrected chi connectivity index (χ0v) is 10.00. The largest absolute Gasteiger partial charge is 0.308 e. The molecule has 1 aromatic rings. The van der Waals surface area contributed by atoms with Crippen LogP contribution in [0, 0.1) is 5.82 Å². The number of hydrogen-bond donors (Lipinski definition) is 1. The molecule has 2 rings (SSSR count). The molecule has 0 spiro atoms. The maximum Gasteiger partial charge on any atom is 0.128 e. The lowest BCUT2D eigenvalue weighted by atomic mass is 10.1. The van der Waals surface area contributed by atoms with Crippen LogP contribution in [0.3, 0.4) is 0 Å². The van der Waals surface area contributed by atoms with E-state index in [1.165, 1.54) is 6.07 Å². The van der Waals surface area contributed by atoms with Gasteiger partial charge in [-0.15, -0.1) is 0 Å². The van der Waals surface area contributed by atoms with Gasteiger partial charge in [-0.05, 0) is 18.2 Å². The lowest BCUT2D eigenvalue weighted by Crippen LogP contribution is -2.30. The highest BCUT2D eigenvalue weighted by atomic mass is 79.9. The molecule has 14 heavy (non-hydrogen) atoms. The summed E-state index contributed by atoms with van der Waals surface area (Å²) in [5, 5.41) is 3.32. The molecule has 0 bridgehead atoms. The van der Waals surface area contributed by atoms with E-state index in [4.69, 9.17) is 0 Å². The van der Waals surface area contributed by atoms with Gasteiger partial charge in [0.05, 0.1) is 0 Å². The first-order valence-corrected chi connectivity index (χ1v) is 6.48. The van der Waals surface area contributed by atoms with Crippen LogP contribution in [0.5, 0.6) is 0 Å². The summed E-state index contributed by atoms with van der Waals surface area (Å²) < 4.78 is 14.4. The van der Waals surface area contributed by atoms with Crippen molar-refractivity contribution in [2.45, 2.75) is 6.04 Å². The van der Waals surface area contributed by atoms with Gasteiger partial charge in [0.15, 0.2) is 0 Å². The Bertz CT molecular complexity index is 326. The molecule has 1 aromatic carbocycles. The number of thioether (sulfide) groups is 1. The van der Waals surface area contributed by atoms with Crippen LogP contribution in [-0.4, -0.2) is 18.1 Å². The quantitative estimate of drug-likeness (QED) is 0.846. The van der Waals surface area contributed by atoms with E-state index >= 15 is 0 Å². The van der Waals surface area contributed by atoms with Crippen molar-refractivity contribution in [2.24, 2.45) is 0 Å². The molecular formula is C10H11BrFNS. The Morgan fingerprint density at radius 1 is 1.50 bits per heavy atom. The summed E-state index contributed by atoms with van der Waals surface area (Å²) in [7, 11) is 0. The topological polar surface area (TPSA) is 12.0 Å². The number of benzene rings is 1. The second-order valence-corrected chi connectivity index (χ2v) is 5.31. The average molecular weight is 276 g/mol.